The van der Waals surface area contributed by atoms with Crippen molar-refractivity contribution in [2.45, 2.75) is 11.7 Å². The average Bonchev–Trinajstić information content (AvgIpc) is 3.12. The molecule has 3 aromatic rings. The number of nitrogens with one attached hydrogen (secondary N) is 1. The number of amides is 2. The van der Waals surface area contributed by atoms with E-state index in [0.29, 0.717) is 17.8 Å². The number of rotatable bonds is 5. The molecule has 164 valence electrons. The van der Waals surface area contributed by atoms with E-state index in [0.717, 1.165) is 10.0 Å². The minimum atomic E-state index is -0.623. The Morgan fingerprint density at radius 3 is 2.36 bits per heavy atom. The van der Waals surface area contributed by atoms with E-state index in [1.165, 1.54) is 40.9 Å². The van der Waals surface area contributed by atoms with E-state index < -0.39 is 17.0 Å². The van der Waals surface area contributed by atoms with Crippen LogP contribution >= 0.6 is 27.7 Å². The molecule has 1 fully saturated rings. The van der Waals surface area contributed by atoms with E-state index in [-0.39, 0.29) is 16.5 Å². The topological polar surface area (TPSA) is 73.2 Å². The maximum Gasteiger partial charge on any atom is 0.269 e. The summed E-state index contributed by atoms with van der Waals surface area (Å²) in [5.74, 6) is -1.34. The molecule has 3 aromatic carbocycles. The van der Waals surface area contributed by atoms with Gasteiger partial charge in [0.05, 0.1) is 5.25 Å². The largest absolute Gasteiger partial charge is 0.321 e. The van der Waals surface area contributed by atoms with Crippen molar-refractivity contribution < 1.29 is 14.0 Å². The third kappa shape index (κ3) is 5.16. The molecule has 1 atom stereocenters. The van der Waals surface area contributed by atoms with Gasteiger partial charge in [-0.2, -0.15) is 5.26 Å². The van der Waals surface area contributed by atoms with E-state index in [1.54, 1.807) is 24.3 Å². The first kappa shape index (κ1) is 22.8. The van der Waals surface area contributed by atoms with Gasteiger partial charge in [-0.25, -0.2) is 4.39 Å². The SMILES string of the molecule is N#C/C(C(=O)Nc1ccc(Br)cc1)=C1/S[C@H](Cc2ccccc2)C(=O)N1c1ccc(F)cc1. The van der Waals surface area contributed by atoms with E-state index in [1.807, 2.05) is 36.4 Å². The standard InChI is InChI=1S/C25H17BrFN3O2S/c26-17-6-10-19(11-7-17)29-23(31)21(15-28)25-30(20-12-8-18(27)9-13-20)24(32)22(33-25)14-16-4-2-1-3-5-16/h1-13,22H,14H2,(H,29,31)/b25-21-/t22-/m1/s1. The summed E-state index contributed by atoms with van der Waals surface area (Å²) in [5.41, 5.74) is 1.68. The lowest BCUT2D eigenvalue weighted by atomic mass is 10.1. The molecule has 1 saturated heterocycles. The van der Waals surface area contributed by atoms with E-state index in [2.05, 4.69) is 21.2 Å². The van der Waals surface area contributed by atoms with Crippen LogP contribution in [0.5, 0.6) is 0 Å². The molecule has 1 aliphatic rings. The molecule has 0 saturated carbocycles. The normalized spacial score (nSPS) is 16.9. The van der Waals surface area contributed by atoms with Gasteiger partial charge in [-0.1, -0.05) is 58.0 Å². The van der Waals surface area contributed by atoms with Crippen molar-refractivity contribution in [3.63, 3.8) is 0 Å². The number of halogens is 2. The van der Waals surface area contributed by atoms with Crippen molar-refractivity contribution >= 4 is 50.9 Å². The van der Waals surface area contributed by atoms with Gasteiger partial charge in [0, 0.05) is 15.8 Å². The lowest BCUT2D eigenvalue weighted by Crippen LogP contribution is -2.30. The maximum absolute atomic E-state index is 13.5. The number of anilines is 2. The minimum absolute atomic E-state index is 0.184. The number of nitriles is 1. The fourth-order valence-corrected chi connectivity index (χ4v) is 4.94. The Morgan fingerprint density at radius 2 is 1.73 bits per heavy atom. The molecule has 0 bridgehead atoms. The third-order valence-corrected chi connectivity index (χ3v) is 6.75. The maximum atomic E-state index is 13.5. The van der Waals surface area contributed by atoms with Gasteiger partial charge < -0.3 is 5.32 Å². The highest BCUT2D eigenvalue weighted by Gasteiger charge is 2.40. The highest BCUT2D eigenvalue weighted by molar-refractivity contribution is 9.10. The van der Waals surface area contributed by atoms with Crippen molar-refractivity contribution in [1.29, 1.82) is 5.26 Å². The number of hydrogen-bond donors (Lipinski definition) is 1. The second kappa shape index (κ2) is 10.0. The monoisotopic (exact) mass is 521 g/mol. The fourth-order valence-electron chi connectivity index (χ4n) is 3.37. The molecule has 0 aromatic heterocycles. The quantitative estimate of drug-likeness (QED) is 0.347. The molecule has 1 aliphatic heterocycles. The number of benzene rings is 3. The first-order valence-electron chi connectivity index (χ1n) is 9.97. The first-order chi connectivity index (χ1) is 16.0. The zero-order valence-corrected chi connectivity index (χ0v) is 19.6. The Morgan fingerprint density at radius 1 is 1.06 bits per heavy atom. The Labute approximate surface area is 203 Å². The van der Waals surface area contributed by atoms with E-state index >= 15 is 0 Å². The summed E-state index contributed by atoms with van der Waals surface area (Å²) in [5, 5.41) is 12.3. The highest BCUT2D eigenvalue weighted by Crippen LogP contribution is 2.42. The van der Waals surface area contributed by atoms with Gasteiger partial charge in [0.1, 0.15) is 22.5 Å². The average molecular weight is 522 g/mol. The van der Waals surface area contributed by atoms with E-state index in [9.17, 15) is 19.2 Å². The van der Waals surface area contributed by atoms with Crippen LogP contribution < -0.4 is 10.2 Å². The molecule has 0 radical (unpaired) electrons. The summed E-state index contributed by atoms with van der Waals surface area (Å²) in [6, 6.07) is 23.8. The Hall–Kier alpha value is -3.41. The van der Waals surface area contributed by atoms with Gasteiger partial charge in [0.15, 0.2) is 0 Å². The zero-order chi connectivity index (χ0) is 23.4. The van der Waals surface area contributed by atoms with Crippen molar-refractivity contribution in [3.8, 4) is 6.07 Å². The molecule has 8 heteroatoms. The van der Waals surface area contributed by atoms with Gasteiger partial charge >= 0.3 is 0 Å². The number of carbonyl (C=O) groups is 2. The van der Waals surface area contributed by atoms with Crippen molar-refractivity contribution in [3.05, 3.63) is 105 Å². The summed E-state index contributed by atoms with van der Waals surface area (Å²) in [6.07, 6.45) is 0.429. The molecule has 0 spiro atoms. The van der Waals surface area contributed by atoms with E-state index in [4.69, 9.17) is 0 Å². The van der Waals surface area contributed by atoms with Gasteiger partial charge in [0.25, 0.3) is 5.91 Å². The predicted octanol–water partition coefficient (Wildman–Crippen LogP) is 5.65. The molecule has 0 unspecified atom stereocenters. The predicted molar refractivity (Wildman–Crippen MR) is 131 cm³/mol. The van der Waals surface area contributed by atoms with Crippen LogP contribution in [0.15, 0.2) is 93.9 Å². The number of hydrogen-bond acceptors (Lipinski definition) is 4. The molecule has 33 heavy (non-hydrogen) atoms. The van der Waals surface area contributed by atoms with Crippen LogP contribution in [0.2, 0.25) is 0 Å². The van der Waals surface area contributed by atoms with Gasteiger partial charge in [-0.3, -0.25) is 14.5 Å². The summed E-state index contributed by atoms with van der Waals surface area (Å²) in [7, 11) is 0. The summed E-state index contributed by atoms with van der Waals surface area (Å²) >= 11 is 4.50. The van der Waals surface area contributed by atoms with Crippen LogP contribution in [0.3, 0.4) is 0 Å². The van der Waals surface area contributed by atoms with Crippen LogP contribution in [0, 0.1) is 17.1 Å². The molecule has 1 N–H and O–H groups in total. The van der Waals surface area contributed by atoms with Gasteiger partial charge in [-0.15, -0.1) is 0 Å². The first-order valence-corrected chi connectivity index (χ1v) is 11.6. The summed E-state index contributed by atoms with van der Waals surface area (Å²) in [6.45, 7) is 0. The van der Waals surface area contributed by atoms with Crippen LogP contribution in [0.25, 0.3) is 0 Å². The molecule has 4 rings (SSSR count). The van der Waals surface area contributed by atoms with Gasteiger partial charge in [-0.05, 0) is 60.5 Å². The second-order valence-corrected chi connectivity index (χ2v) is 9.31. The number of thioether (sulfide) groups is 1. The molecule has 5 nitrogen and oxygen atoms in total. The summed E-state index contributed by atoms with van der Waals surface area (Å²) in [4.78, 5) is 27.7. The Bertz CT molecular complexity index is 1260. The fraction of sp³-hybridized carbons (Fsp3) is 0.0800. The van der Waals surface area contributed by atoms with Crippen molar-refractivity contribution in [2.24, 2.45) is 0 Å². The second-order valence-electron chi connectivity index (χ2n) is 7.20. The van der Waals surface area contributed by atoms with Crippen molar-refractivity contribution in [2.75, 3.05) is 10.2 Å². The lowest BCUT2D eigenvalue weighted by molar-refractivity contribution is -0.117. The van der Waals surface area contributed by atoms with Crippen molar-refractivity contribution in [1.82, 2.24) is 0 Å². The Balaban J connectivity index is 1.72. The minimum Gasteiger partial charge on any atom is -0.321 e. The molecular formula is C25H17BrFN3O2S. The Kier molecular flexibility index (Phi) is 6.92. The molecular weight excluding hydrogens is 505 g/mol. The third-order valence-electron chi connectivity index (χ3n) is 4.96. The van der Waals surface area contributed by atoms with Gasteiger partial charge in [0.2, 0.25) is 5.91 Å². The molecule has 1 heterocycles. The molecule has 0 aliphatic carbocycles. The smallest absolute Gasteiger partial charge is 0.269 e. The summed E-state index contributed by atoms with van der Waals surface area (Å²) < 4.78 is 14.4. The zero-order valence-electron chi connectivity index (χ0n) is 17.2. The van der Waals surface area contributed by atoms with Crippen LogP contribution in [-0.4, -0.2) is 17.1 Å². The van der Waals surface area contributed by atoms with Crippen LogP contribution in [-0.2, 0) is 16.0 Å². The lowest BCUT2D eigenvalue weighted by Gasteiger charge is -2.18. The van der Waals surface area contributed by atoms with Crippen LogP contribution in [0.1, 0.15) is 5.56 Å². The number of carbonyl (C=O) groups excluding carboxylic acids is 2. The number of nitrogens with zero attached hydrogens (tertiary/aromatic N) is 2. The van der Waals surface area contributed by atoms with Crippen LogP contribution in [0.4, 0.5) is 15.8 Å². The molecule has 2 amide bonds. The highest BCUT2D eigenvalue weighted by atomic mass is 79.9.